The van der Waals surface area contributed by atoms with Crippen LogP contribution in [0.3, 0.4) is 0 Å². The van der Waals surface area contributed by atoms with Crippen LogP contribution < -0.4 is 0 Å². The summed E-state index contributed by atoms with van der Waals surface area (Å²) in [6.07, 6.45) is 3.51. The fraction of sp³-hybridized carbons (Fsp3) is 0.433. The molecule has 1 aromatic heterocycles. The van der Waals surface area contributed by atoms with E-state index in [9.17, 15) is 4.79 Å². The van der Waals surface area contributed by atoms with Crippen LogP contribution in [0, 0.1) is 11.8 Å². The van der Waals surface area contributed by atoms with Gasteiger partial charge in [0, 0.05) is 54.5 Å². The highest BCUT2D eigenvalue weighted by molar-refractivity contribution is 7.08. The van der Waals surface area contributed by atoms with Gasteiger partial charge in [-0.05, 0) is 83.9 Å². The largest absolute Gasteiger partial charge is 0.303 e. The van der Waals surface area contributed by atoms with Crippen LogP contribution in [0.5, 0.6) is 0 Å². The highest BCUT2D eigenvalue weighted by atomic mass is 35.5. The van der Waals surface area contributed by atoms with Gasteiger partial charge in [-0.2, -0.15) is 11.3 Å². The molecule has 36 heavy (non-hydrogen) atoms. The van der Waals surface area contributed by atoms with Crippen LogP contribution >= 0.6 is 34.5 Å². The molecule has 6 heteroatoms. The summed E-state index contributed by atoms with van der Waals surface area (Å²) in [7, 11) is 0. The maximum Gasteiger partial charge on any atom is 0.136 e. The van der Waals surface area contributed by atoms with E-state index in [1.54, 1.807) is 11.3 Å². The molecule has 0 amide bonds. The minimum absolute atomic E-state index is 0.227. The SMILES string of the molecule is O=C(CCc1ccccc1)C1CCN(CC2CN(Cc3ccc(Cl)cc3Cl)CC2c2ccsc2)CC1. The van der Waals surface area contributed by atoms with E-state index >= 15 is 0 Å². The molecule has 0 spiro atoms. The van der Waals surface area contributed by atoms with E-state index in [-0.39, 0.29) is 5.92 Å². The fourth-order valence-electron chi connectivity index (χ4n) is 5.91. The summed E-state index contributed by atoms with van der Waals surface area (Å²) in [4.78, 5) is 18.0. The minimum Gasteiger partial charge on any atom is -0.303 e. The van der Waals surface area contributed by atoms with Crippen LogP contribution in [0.1, 0.15) is 41.9 Å². The maximum atomic E-state index is 12.9. The first-order valence-electron chi connectivity index (χ1n) is 13.0. The number of likely N-dealkylation sites (tertiary alicyclic amines) is 2. The summed E-state index contributed by atoms with van der Waals surface area (Å²) in [6.45, 7) is 6.11. The van der Waals surface area contributed by atoms with Gasteiger partial charge in [-0.15, -0.1) is 0 Å². The average molecular weight is 542 g/mol. The van der Waals surface area contributed by atoms with Crippen molar-refractivity contribution in [3.05, 3.63) is 92.1 Å². The van der Waals surface area contributed by atoms with Gasteiger partial charge >= 0.3 is 0 Å². The third-order valence-corrected chi connectivity index (χ3v) is 9.22. The number of ketones is 1. The molecule has 0 N–H and O–H groups in total. The first kappa shape index (κ1) is 25.9. The van der Waals surface area contributed by atoms with Crippen LogP contribution in [0.25, 0.3) is 0 Å². The van der Waals surface area contributed by atoms with Gasteiger partial charge in [-0.3, -0.25) is 9.69 Å². The number of carbonyl (C=O) groups is 1. The lowest BCUT2D eigenvalue weighted by atomic mass is 9.87. The third-order valence-electron chi connectivity index (χ3n) is 7.94. The zero-order chi connectivity index (χ0) is 24.9. The number of rotatable bonds is 9. The number of nitrogens with zero attached hydrogens (tertiary/aromatic N) is 2. The van der Waals surface area contributed by atoms with E-state index in [4.69, 9.17) is 23.2 Å². The summed E-state index contributed by atoms with van der Waals surface area (Å²) in [5.74, 6) is 1.79. The number of benzene rings is 2. The van der Waals surface area contributed by atoms with Crippen molar-refractivity contribution in [2.24, 2.45) is 11.8 Å². The second-order valence-corrected chi connectivity index (χ2v) is 12.0. The highest BCUT2D eigenvalue weighted by Gasteiger charge is 2.36. The monoisotopic (exact) mass is 540 g/mol. The second-order valence-electron chi connectivity index (χ2n) is 10.4. The van der Waals surface area contributed by atoms with Gasteiger partial charge in [0.15, 0.2) is 0 Å². The van der Waals surface area contributed by atoms with Gasteiger partial charge in [0.25, 0.3) is 0 Å². The standard InChI is InChI=1S/C30H34Cl2N2OS/c31-27-8-7-24(29(32)16-27)17-34-19-26(28(20-34)25-12-15-36-21-25)18-33-13-10-23(11-14-33)30(35)9-6-22-4-2-1-3-5-22/h1-5,7-8,12,15-16,21,23,26,28H,6,9-11,13-14,17-20H2. The molecule has 2 aliphatic rings. The average Bonchev–Trinajstić information content (AvgIpc) is 3.55. The lowest BCUT2D eigenvalue weighted by Gasteiger charge is -2.34. The lowest BCUT2D eigenvalue weighted by molar-refractivity contribution is -0.124. The normalized spacial score (nSPS) is 21.7. The Hall–Kier alpha value is -1.69. The molecule has 5 rings (SSSR count). The van der Waals surface area contributed by atoms with Gasteiger partial charge in [-0.1, -0.05) is 59.6 Å². The number of aryl methyl sites for hydroxylation is 1. The number of thiophene rings is 1. The Morgan fingerprint density at radius 1 is 0.972 bits per heavy atom. The Bertz CT molecular complexity index is 1130. The van der Waals surface area contributed by atoms with Crippen molar-refractivity contribution < 1.29 is 4.79 Å². The highest BCUT2D eigenvalue weighted by Crippen LogP contribution is 2.36. The van der Waals surface area contributed by atoms with Crippen molar-refractivity contribution in [2.45, 2.75) is 38.1 Å². The molecule has 0 saturated carbocycles. The van der Waals surface area contributed by atoms with Crippen LogP contribution in [0.4, 0.5) is 0 Å². The van der Waals surface area contributed by atoms with Gasteiger partial charge in [-0.25, -0.2) is 0 Å². The zero-order valence-electron chi connectivity index (χ0n) is 20.6. The van der Waals surface area contributed by atoms with Crippen molar-refractivity contribution in [3.63, 3.8) is 0 Å². The molecule has 0 bridgehead atoms. The topological polar surface area (TPSA) is 23.6 Å². The molecule has 2 saturated heterocycles. The van der Waals surface area contributed by atoms with Crippen LogP contribution in [-0.4, -0.2) is 48.3 Å². The number of halogens is 2. The Balaban J connectivity index is 1.15. The molecule has 2 aromatic carbocycles. The van der Waals surface area contributed by atoms with Crippen molar-refractivity contribution in [1.29, 1.82) is 0 Å². The molecule has 2 unspecified atom stereocenters. The molecule has 0 radical (unpaired) electrons. The molecular weight excluding hydrogens is 507 g/mol. The lowest BCUT2D eigenvalue weighted by Crippen LogP contribution is -2.40. The summed E-state index contributed by atoms with van der Waals surface area (Å²) in [5, 5.41) is 5.93. The third kappa shape index (κ3) is 6.59. The predicted molar refractivity (Wildman–Crippen MR) is 151 cm³/mol. The van der Waals surface area contributed by atoms with Crippen LogP contribution in [0.15, 0.2) is 65.4 Å². The minimum atomic E-state index is 0.227. The zero-order valence-corrected chi connectivity index (χ0v) is 22.9. The van der Waals surface area contributed by atoms with E-state index in [1.165, 1.54) is 11.1 Å². The van der Waals surface area contributed by atoms with Gasteiger partial charge in [0.2, 0.25) is 0 Å². The van der Waals surface area contributed by atoms with Crippen LogP contribution in [0.2, 0.25) is 10.0 Å². The van der Waals surface area contributed by atoms with Crippen molar-refractivity contribution >= 4 is 40.3 Å². The van der Waals surface area contributed by atoms with E-state index in [0.717, 1.165) is 69.1 Å². The first-order valence-corrected chi connectivity index (χ1v) is 14.7. The molecule has 2 atom stereocenters. The summed E-state index contributed by atoms with van der Waals surface area (Å²) >= 11 is 14.4. The van der Waals surface area contributed by atoms with Gasteiger partial charge in [0.1, 0.15) is 5.78 Å². The fourth-order valence-corrected chi connectivity index (χ4v) is 7.11. The molecule has 3 heterocycles. The van der Waals surface area contributed by atoms with E-state index in [1.807, 2.05) is 18.2 Å². The molecule has 3 aromatic rings. The summed E-state index contributed by atoms with van der Waals surface area (Å²) in [5.41, 5.74) is 3.86. The van der Waals surface area contributed by atoms with E-state index in [2.05, 4.69) is 57.0 Å². The Labute approximate surface area is 229 Å². The van der Waals surface area contributed by atoms with Gasteiger partial charge < -0.3 is 4.90 Å². The number of Topliss-reactive ketones (excluding diaryl/α,β-unsaturated/α-hetero) is 1. The van der Waals surface area contributed by atoms with Crippen molar-refractivity contribution in [2.75, 3.05) is 32.7 Å². The van der Waals surface area contributed by atoms with E-state index < -0.39 is 0 Å². The van der Waals surface area contributed by atoms with Crippen molar-refractivity contribution in [3.8, 4) is 0 Å². The van der Waals surface area contributed by atoms with Gasteiger partial charge in [0.05, 0.1) is 0 Å². The molecular formula is C30H34Cl2N2OS. The predicted octanol–water partition coefficient (Wildman–Crippen LogP) is 7.18. The molecule has 2 aliphatic heterocycles. The smallest absolute Gasteiger partial charge is 0.136 e. The summed E-state index contributed by atoms with van der Waals surface area (Å²) in [6, 6.07) is 18.5. The Morgan fingerprint density at radius 3 is 2.50 bits per heavy atom. The quantitative estimate of drug-likeness (QED) is 0.287. The molecule has 2 fully saturated rings. The maximum absolute atomic E-state index is 12.9. The number of carbonyl (C=O) groups excluding carboxylic acids is 1. The second kappa shape index (κ2) is 12.2. The Kier molecular flexibility index (Phi) is 8.82. The van der Waals surface area contributed by atoms with E-state index in [0.29, 0.717) is 29.1 Å². The number of piperidine rings is 1. The van der Waals surface area contributed by atoms with Crippen LogP contribution in [-0.2, 0) is 17.8 Å². The number of hydrogen-bond acceptors (Lipinski definition) is 4. The summed E-state index contributed by atoms with van der Waals surface area (Å²) < 4.78 is 0. The number of hydrogen-bond donors (Lipinski definition) is 0. The first-order chi connectivity index (χ1) is 17.5. The Morgan fingerprint density at radius 2 is 1.78 bits per heavy atom. The molecule has 190 valence electrons. The molecule has 0 aliphatic carbocycles. The van der Waals surface area contributed by atoms with Crippen molar-refractivity contribution in [1.82, 2.24) is 9.80 Å². The molecule has 3 nitrogen and oxygen atoms in total.